The molecule has 4 N–H and O–H groups in total. The Hall–Kier alpha value is -1.30. The van der Waals surface area contributed by atoms with Gasteiger partial charge in [0.1, 0.15) is 0 Å². The Morgan fingerprint density at radius 2 is 2.40 bits per heavy atom. The smallest absolute Gasteiger partial charge is 0.315 e. The topological polar surface area (TPSA) is 80.0 Å². The first-order chi connectivity index (χ1) is 7.22. The fourth-order valence-electron chi connectivity index (χ4n) is 1.02. The monoisotopic (exact) mass is 228 g/mol. The van der Waals surface area contributed by atoms with Crippen molar-refractivity contribution in [3.63, 3.8) is 0 Å². The van der Waals surface area contributed by atoms with Gasteiger partial charge in [-0.05, 0) is 6.42 Å². The van der Waals surface area contributed by atoms with Crippen LogP contribution < -0.4 is 16.4 Å². The molecule has 1 aromatic rings. The largest absolute Gasteiger partial charge is 0.375 e. The number of thiazole rings is 1. The van der Waals surface area contributed by atoms with Gasteiger partial charge in [-0.3, -0.25) is 0 Å². The molecule has 0 spiro atoms. The Morgan fingerprint density at radius 3 is 3.00 bits per heavy atom. The molecular weight excluding hydrogens is 212 g/mol. The molecule has 15 heavy (non-hydrogen) atoms. The highest BCUT2D eigenvalue weighted by Gasteiger charge is 2.01. The van der Waals surface area contributed by atoms with E-state index in [2.05, 4.69) is 22.5 Å². The number of hydrogen-bond acceptors (Lipinski definition) is 4. The van der Waals surface area contributed by atoms with Crippen molar-refractivity contribution in [1.29, 1.82) is 0 Å². The third-order valence-electron chi connectivity index (χ3n) is 1.82. The summed E-state index contributed by atoms with van der Waals surface area (Å²) >= 11 is 1.37. The van der Waals surface area contributed by atoms with Crippen molar-refractivity contribution in [2.75, 3.05) is 12.3 Å². The quantitative estimate of drug-likeness (QED) is 0.665. The van der Waals surface area contributed by atoms with Gasteiger partial charge in [0.15, 0.2) is 5.13 Å². The normalized spacial score (nSPS) is 9.93. The van der Waals surface area contributed by atoms with Gasteiger partial charge in [-0.25, -0.2) is 9.78 Å². The van der Waals surface area contributed by atoms with Gasteiger partial charge in [-0.1, -0.05) is 13.3 Å². The third kappa shape index (κ3) is 4.64. The molecule has 0 bridgehead atoms. The van der Waals surface area contributed by atoms with Crippen LogP contribution in [0.25, 0.3) is 0 Å². The number of amides is 2. The minimum absolute atomic E-state index is 0.157. The Labute approximate surface area is 93.1 Å². The second-order valence-corrected chi connectivity index (χ2v) is 4.03. The van der Waals surface area contributed by atoms with Crippen LogP contribution in [0.15, 0.2) is 5.38 Å². The van der Waals surface area contributed by atoms with E-state index in [4.69, 9.17) is 5.73 Å². The van der Waals surface area contributed by atoms with Crippen LogP contribution >= 0.6 is 11.3 Å². The highest BCUT2D eigenvalue weighted by atomic mass is 32.1. The zero-order valence-corrected chi connectivity index (χ0v) is 9.56. The van der Waals surface area contributed by atoms with Crippen LogP contribution in [0.2, 0.25) is 0 Å². The number of rotatable bonds is 5. The predicted octanol–water partition coefficient (Wildman–Crippen LogP) is 1.32. The van der Waals surface area contributed by atoms with E-state index in [1.807, 2.05) is 5.38 Å². The van der Waals surface area contributed by atoms with Gasteiger partial charge in [0.05, 0.1) is 12.2 Å². The van der Waals surface area contributed by atoms with E-state index in [1.165, 1.54) is 11.3 Å². The van der Waals surface area contributed by atoms with E-state index in [0.717, 1.165) is 18.5 Å². The molecule has 0 aliphatic carbocycles. The van der Waals surface area contributed by atoms with E-state index in [9.17, 15) is 4.79 Å². The van der Waals surface area contributed by atoms with Gasteiger partial charge >= 0.3 is 6.03 Å². The highest BCUT2D eigenvalue weighted by Crippen LogP contribution is 2.10. The summed E-state index contributed by atoms with van der Waals surface area (Å²) in [6.45, 7) is 3.21. The molecule has 0 unspecified atom stereocenters. The molecule has 5 nitrogen and oxygen atoms in total. The summed E-state index contributed by atoms with van der Waals surface area (Å²) in [7, 11) is 0. The lowest BCUT2D eigenvalue weighted by atomic mass is 10.3. The van der Waals surface area contributed by atoms with Crippen LogP contribution in [0.4, 0.5) is 9.93 Å². The van der Waals surface area contributed by atoms with Gasteiger partial charge < -0.3 is 16.4 Å². The zero-order chi connectivity index (χ0) is 11.1. The second-order valence-electron chi connectivity index (χ2n) is 3.14. The molecule has 1 heterocycles. The van der Waals surface area contributed by atoms with Gasteiger partial charge in [-0.15, -0.1) is 11.3 Å². The number of hydrogen-bond donors (Lipinski definition) is 3. The van der Waals surface area contributed by atoms with Crippen LogP contribution in [0.5, 0.6) is 0 Å². The van der Waals surface area contributed by atoms with Gasteiger partial charge in [0, 0.05) is 11.9 Å². The van der Waals surface area contributed by atoms with E-state index in [-0.39, 0.29) is 6.03 Å². The van der Waals surface area contributed by atoms with Crippen LogP contribution in [0.1, 0.15) is 25.5 Å². The van der Waals surface area contributed by atoms with Gasteiger partial charge in [0.2, 0.25) is 0 Å². The predicted molar refractivity (Wildman–Crippen MR) is 61.7 cm³/mol. The molecule has 0 saturated carbocycles. The third-order valence-corrected chi connectivity index (χ3v) is 2.54. The van der Waals surface area contributed by atoms with Crippen molar-refractivity contribution in [2.24, 2.45) is 0 Å². The second kappa shape index (κ2) is 6.23. The first-order valence-corrected chi connectivity index (χ1v) is 5.82. The van der Waals surface area contributed by atoms with Crippen molar-refractivity contribution in [3.05, 3.63) is 11.1 Å². The molecule has 0 aliphatic heterocycles. The number of urea groups is 1. The minimum atomic E-state index is -0.157. The molecule has 0 saturated heterocycles. The summed E-state index contributed by atoms with van der Waals surface area (Å²) in [6, 6.07) is -0.157. The van der Waals surface area contributed by atoms with Crippen molar-refractivity contribution >= 4 is 22.5 Å². The van der Waals surface area contributed by atoms with Crippen LogP contribution in [0.3, 0.4) is 0 Å². The summed E-state index contributed by atoms with van der Waals surface area (Å²) in [6.07, 6.45) is 2.07. The fourth-order valence-corrected chi connectivity index (χ4v) is 1.58. The molecule has 0 fully saturated rings. The number of anilines is 1. The molecule has 1 rings (SSSR count). The van der Waals surface area contributed by atoms with E-state index < -0.39 is 0 Å². The Bertz CT molecular complexity index is 313. The molecule has 84 valence electrons. The van der Waals surface area contributed by atoms with Crippen molar-refractivity contribution in [3.8, 4) is 0 Å². The zero-order valence-electron chi connectivity index (χ0n) is 8.75. The molecule has 0 radical (unpaired) electrons. The average Bonchev–Trinajstić information content (AvgIpc) is 2.62. The minimum Gasteiger partial charge on any atom is -0.375 e. The first kappa shape index (κ1) is 11.8. The molecule has 6 heteroatoms. The number of nitrogens with zero attached hydrogens (tertiary/aromatic N) is 1. The fraction of sp³-hybridized carbons (Fsp3) is 0.556. The number of nitrogens with one attached hydrogen (secondary N) is 2. The molecule has 0 atom stereocenters. The summed E-state index contributed by atoms with van der Waals surface area (Å²) in [5, 5.41) is 7.83. The van der Waals surface area contributed by atoms with Crippen LogP contribution in [-0.2, 0) is 6.54 Å². The maximum atomic E-state index is 11.2. The van der Waals surface area contributed by atoms with Crippen LogP contribution in [-0.4, -0.2) is 17.6 Å². The van der Waals surface area contributed by atoms with Gasteiger partial charge in [-0.2, -0.15) is 0 Å². The standard InChI is InChI=1S/C9H16N4OS/c1-2-3-4-11-9(14)12-5-7-6-15-8(10)13-7/h6H,2-5H2,1H3,(H2,10,13)(H2,11,12,14). The number of aromatic nitrogens is 1. The number of unbranched alkanes of at least 4 members (excludes halogenated alkanes) is 1. The number of nitrogen functional groups attached to an aromatic ring is 1. The lowest BCUT2D eigenvalue weighted by Crippen LogP contribution is -2.35. The van der Waals surface area contributed by atoms with E-state index in [0.29, 0.717) is 18.2 Å². The average molecular weight is 228 g/mol. The lowest BCUT2D eigenvalue weighted by Gasteiger charge is -2.04. The molecular formula is C9H16N4OS. The number of carbonyl (C=O) groups excluding carboxylic acids is 1. The molecule has 0 aliphatic rings. The summed E-state index contributed by atoms with van der Waals surface area (Å²) in [5.74, 6) is 0. The lowest BCUT2D eigenvalue weighted by molar-refractivity contribution is 0.240. The van der Waals surface area contributed by atoms with E-state index in [1.54, 1.807) is 0 Å². The van der Waals surface area contributed by atoms with E-state index >= 15 is 0 Å². The van der Waals surface area contributed by atoms with Crippen molar-refractivity contribution in [2.45, 2.75) is 26.3 Å². The highest BCUT2D eigenvalue weighted by molar-refractivity contribution is 7.13. The summed E-state index contributed by atoms with van der Waals surface area (Å²) in [4.78, 5) is 15.3. The Kier molecular flexibility index (Phi) is 4.89. The first-order valence-electron chi connectivity index (χ1n) is 4.94. The SMILES string of the molecule is CCCCNC(=O)NCc1csc(N)n1. The Balaban J connectivity index is 2.16. The molecule has 2 amide bonds. The summed E-state index contributed by atoms with van der Waals surface area (Å²) < 4.78 is 0. The summed E-state index contributed by atoms with van der Waals surface area (Å²) in [5.41, 5.74) is 6.26. The Morgan fingerprint density at radius 1 is 1.60 bits per heavy atom. The van der Waals surface area contributed by atoms with Crippen LogP contribution in [0, 0.1) is 0 Å². The van der Waals surface area contributed by atoms with Crippen molar-refractivity contribution in [1.82, 2.24) is 15.6 Å². The maximum absolute atomic E-state index is 11.2. The molecule has 0 aromatic carbocycles. The van der Waals surface area contributed by atoms with Crippen molar-refractivity contribution < 1.29 is 4.79 Å². The molecule has 1 aromatic heterocycles. The number of nitrogens with two attached hydrogens (primary N) is 1. The van der Waals surface area contributed by atoms with Gasteiger partial charge in [0.25, 0.3) is 0 Å². The number of carbonyl (C=O) groups is 1. The maximum Gasteiger partial charge on any atom is 0.315 e.